The van der Waals surface area contributed by atoms with Crippen LogP contribution in [0.4, 0.5) is 13.2 Å². The van der Waals surface area contributed by atoms with Crippen LogP contribution in [0.2, 0.25) is 0 Å². The molecule has 0 saturated heterocycles. The quantitative estimate of drug-likeness (QED) is 0.785. The summed E-state index contributed by atoms with van der Waals surface area (Å²) in [5, 5.41) is 8.57. The molecule has 1 rings (SSSR count). The van der Waals surface area contributed by atoms with Crippen LogP contribution in [0.5, 0.6) is 0 Å². The summed E-state index contributed by atoms with van der Waals surface area (Å²) in [4.78, 5) is 0. The van der Waals surface area contributed by atoms with Gasteiger partial charge in [-0.25, -0.2) is 0 Å². The van der Waals surface area contributed by atoms with Crippen molar-refractivity contribution >= 4 is 0 Å². The van der Waals surface area contributed by atoms with E-state index in [-0.39, 0.29) is 18.8 Å². The fourth-order valence-electron chi connectivity index (χ4n) is 0.963. The number of rotatable bonds is 3. The first-order valence-corrected chi connectivity index (χ1v) is 3.96. The Labute approximate surface area is 78.3 Å². The van der Waals surface area contributed by atoms with Crippen molar-refractivity contribution in [2.75, 3.05) is 6.61 Å². The van der Waals surface area contributed by atoms with E-state index < -0.39 is 18.0 Å². The van der Waals surface area contributed by atoms with Gasteiger partial charge in [-0.15, -0.1) is 0 Å². The standard InChI is InChI=1S/C8H10F3NO2/c9-8(10,11)7-2-1-6(14-7)3-5(12)4-13/h1-2,5,13H,3-4,12H2. The van der Waals surface area contributed by atoms with Gasteiger partial charge in [0.15, 0.2) is 0 Å². The molecule has 1 heterocycles. The minimum absolute atomic E-state index is 0.0899. The van der Waals surface area contributed by atoms with E-state index in [1.807, 2.05) is 0 Å². The lowest BCUT2D eigenvalue weighted by Crippen LogP contribution is -2.26. The van der Waals surface area contributed by atoms with Crippen molar-refractivity contribution in [3.8, 4) is 0 Å². The second kappa shape index (κ2) is 4.02. The highest BCUT2D eigenvalue weighted by Gasteiger charge is 2.34. The maximum absolute atomic E-state index is 12.0. The summed E-state index contributed by atoms with van der Waals surface area (Å²) in [6.45, 7) is -0.290. The zero-order valence-corrected chi connectivity index (χ0v) is 7.21. The van der Waals surface area contributed by atoms with Crippen molar-refractivity contribution in [1.82, 2.24) is 0 Å². The summed E-state index contributed by atoms with van der Waals surface area (Å²) in [7, 11) is 0. The maximum Gasteiger partial charge on any atom is 0.449 e. The zero-order chi connectivity index (χ0) is 10.8. The summed E-state index contributed by atoms with van der Waals surface area (Å²) in [5.74, 6) is -0.920. The highest BCUT2D eigenvalue weighted by molar-refractivity contribution is 5.10. The average molecular weight is 209 g/mol. The summed E-state index contributed by atoms with van der Waals surface area (Å²) in [6, 6.07) is 1.46. The lowest BCUT2D eigenvalue weighted by atomic mass is 10.2. The van der Waals surface area contributed by atoms with Gasteiger partial charge in [0.1, 0.15) is 5.76 Å². The third kappa shape index (κ3) is 2.74. The first-order valence-electron chi connectivity index (χ1n) is 3.96. The van der Waals surface area contributed by atoms with Gasteiger partial charge in [-0.3, -0.25) is 0 Å². The van der Waals surface area contributed by atoms with Crippen LogP contribution >= 0.6 is 0 Å². The first-order chi connectivity index (χ1) is 6.43. The number of nitrogens with two attached hydrogens (primary N) is 1. The van der Waals surface area contributed by atoms with Gasteiger partial charge in [-0.2, -0.15) is 13.2 Å². The summed E-state index contributed by atoms with van der Waals surface area (Å²) in [5.41, 5.74) is 5.33. The summed E-state index contributed by atoms with van der Waals surface area (Å²) >= 11 is 0. The van der Waals surface area contributed by atoms with Crippen LogP contribution < -0.4 is 5.73 Å². The van der Waals surface area contributed by atoms with E-state index >= 15 is 0 Å². The highest BCUT2D eigenvalue weighted by Crippen LogP contribution is 2.30. The molecule has 3 N–H and O–H groups in total. The van der Waals surface area contributed by atoms with Crippen LogP contribution in [0.1, 0.15) is 11.5 Å². The fourth-order valence-corrected chi connectivity index (χ4v) is 0.963. The van der Waals surface area contributed by atoms with Gasteiger partial charge in [-0.05, 0) is 12.1 Å². The topological polar surface area (TPSA) is 59.4 Å². The Bertz CT molecular complexity index is 295. The largest absolute Gasteiger partial charge is 0.456 e. The van der Waals surface area contributed by atoms with Crippen LogP contribution in [0, 0.1) is 0 Å². The monoisotopic (exact) mass is 209 g/mol. The molecule has 80 valence electrons. The lowest BCUT2D eigenvalue weighted by Gasteiger charge is -2.05. The number of hydrogen-bond acceptors (Lipinski definition) is 3. The van der Waals surface area contributed by atoms with Gasteiger partial charge in [0, 0.05) is 12.5 Å². The van der Waals surface area contributed by atoms with Crippen molar-refractivity contribution in [2.45, 2.75) is 18.6 Å². The molecule has 6 heteroatoms. The molecule has 0 bridgehead atoms. The minimum Gasteiger partial charge on any atom is -0.456 e. The van der Waals surface area contributed by atoms with Crippen LogP contribution in [-0.4, -0.2) is 17.8 Å². The molecule has 0 radical (unpaired) electrons. The molecule has 0 fully saturated rings. The Kier molecular flexibility index (Phi) is 3.17. The number of halogens is 3. The summed E-state index contributed by atoms with van der Waals surface area (Å²) in [6.07, 6.45) is -4.38. The first kappa shape index (κ1) is 11.1. The van der Waals surface area contributed by atoms with Crippen LogP contribution in [0.3, 0.4) is 0 Å². The van der Waals surface area contributed by atoms with Crippen molar-refractivity contribution in [3.05, 3.63) is 23.7 Å². The van der Waals surface area contributed by atoms with E-state index in [1.165, 1.54) is 6.07 Å². The van der Waals surface area contributed by atoms with E-state index in [0.29, 0.717) is 0 Å². The minimum atomic E-state index is -4.47. The SMILES string of the molecule is NC(CO)Cc1ccc(C(F)(F)F)o1. The molecule has 1 aromatic heterocycles. The van der Waals surface area contributed by atoms with Crippen LogP contribution in [0.15, 0.2) is 16.5 Å². The predicted octanol–water partition coefficient (Wildman–Crippen LogP) is 1.16. The van der Waals surface area contributed by atoms with Gasteiger partial charge in [0.2, 0.25) is 5.76 Å². The van der Waals surface area contributed by atoms with Gasteiger partial charge in [-0.1, -0.05) is 0 Å². The second-order valence-electron chi connectivity index (χ2n) is 2.91. The molecule has 0 aromatic carbocycles. The van der Waals surface area contributed by atoms with E-state index in [4.69, 9.17) is 10.8 Å². The van der Waals surface area contributed by atoms with E-state index in [9.17, 15) is 13.2 Å². The molecule has 14 heavy (non-hydrogen) atoms. The molecular weight excluding hydrogens is 199 g/mol. The predicted molar refractivity (Wildman–Crippen MR) is 42.5 cm³/mol. The second-order valence-corrected chi connectivity index (χ2v) is 2.91. The fraction of sp³-hybridized carbons (Fsp3) is 0.500. The zero-order valence-electron chi connectivity index (χ0n) is 7.21. The van der Waals surface area contributed by atoms with E-state index in [0.717, 1.165) is 6.07 Å². The average Bonchev–Trinajstić information content (AvgIpc) is 2.51. The molecule has 1 unspecified atom stereocenters. The van der Waals surface area contributed by atoms with Crippen molar-refractivity contribution in [3.63, 3.8) is 0 Å². The van der Waals surface area contributed by atoms with Gasteiger partial charge < -0.3 is 15.3 Å². The molecule has 0 aliphatic carbocycles. The molecule has 3 nitrogen and oxygen atoms in total. The third-order valence-corrected chi connectivity index (χ3v) is 1.64. The Morgan fingerprint density at radius 3 is 2.50 bits per heavy atom. The molecule has 1 aromatic rings. The van der Waals surface area contributed by atoms with Gasteiger partial charge in [0.05, 0.1) is 6.61 Å². The Hall–Kier alpha value is -1.01. The lowest BCUT2D eigenvalue weighted by molar-refractivity contribution is -0.153. The molecular formula is C8H10F3NO2. The highest BCUT2D eigenvalue weighted by atomic mass is 19.4. The molecule has 0 saturated carbocycles. The van der Waals surface area contributed by atoms with Crippen molar-refractivity contribution < 1.29 is 22.7 Å². The number of alkyl halides is 3. The number of aliphatic hydroxyl groups excluding tert-OH is 1. The third-order valence-electron chi connectivity index (χ3n) is 1.64. The maximum atomic E-state index is 12.0. The Morgan fingerprint density at radius 2 is 2.07 bits per heavy atom. The van der Waals surface area contributed by atoms with Crippen LogP contribution in [0.25, 0.3) is 0 Å². The van der Waals surface area contributed by atoms with E-state index in [2.05, 4.69) is 4.42 Å². The van der Waals surface area contributed by atoms with Crippen LogP contribution in [-0.2, 0) is 12.6 Å². The summed E-state index contributed by atoms with van der Waals surface area (Å²) < 4.78 is 40.6. The van der Waals surface area contributed by atoms with Crippen molar-refractivity contribution in [1.29, 1.82) is 0 Å². The van der Waals surface area contributed by atoms with Gasteiger partial charge >= 0.3 is 6.18 Å². The normalized spacial score (nSPS) is 14.4. The molecule has 0 aliphatic heterocycles. The molecule has 0 amide bonds. The Morgan fingerprint density at radius 1 is 1.43 bits per heavy atom. The Balaban J connectivity index is 2.69. The van der Waals surface area contributed by atoms with Crippen molar-refractivity contribution in [2.24, 2.45) is 5.73 Å². The number of aliphatic hydroxyl groups is 1. The molecule has 1 atom stereocenters. The smallest absolute Gasteiger partial charge is 0.449 e. The van der Waals surface area contributed by atoms with E-state index in [1.54, 1.807) is 0 Å². The molecule has 0 aliphatic rings. The van der Waals surface area contributed by atoms with Gasteiger partial charge in [0.25, 0.3) is 0 Å². The number of hydrogen-bond donors (Lipinski definition) is 2. The molecule has 0 spiro atoms. The number of furan rings is 1.